The van der Waals surface area contributed by atoms with Crippen LogP contribution in [-0.2, 0) is 141 Å². The zero-order valence-corrected chi connectivity index (χ0v) is 47.1. The topological polar surface area (TPSA) is 773 Å². The quantitative estimate of drug-likeness (QED) is 0.0340. The molecule has 0 aromatic heterocycles. The average Bonchev–Trinajstić information content (AvgIpc) is 0.808. The number of ether oxygens (including phenoxy) is 9. The van der Waals surface area contributed by atoms with Crippen LogP contribution in [0, 0.1) is 0 Å². The molecule has 56 heteroatoms. The lowest BCUT2D eigenvalue weighted by molar-refractivity contribution is -0.374. The third kappa shape index (κ3) is 20.7. The summed E-state index contributed by atoms with van der Waals surface area (Å²) in [4.78, 5) is 25.5. The summed E-state index contributed by atoms with van der Waals surface area (Å²) < 4.78 is 300. The van der Waals surface area contributed by atoms with E-state index in [-0.39, 0.29) is 0 Å². The van der Waals surface area contributed by atoms with E-state index in [0.29, 0.717) is 0 Å². The largest absolute Gasteiger partial charge is 0.479 e. The minimum Gasteiger partial charge on any atom is -0.479 e. The van der Waals surface area contributed by atoms with Crippen LogP contribution in [0.15, 0.2) is 0 Å². The van der Waals surface area contributed by atoms with Gasteiger partial charge in [0, 0.05) is 0 Å². The summed E-state index contributed by atoms with van der Waals surface area (Å²) in [6.45, 7) is -4.91. The van der Waals surface area contributed by atoms with E-state index in [4.69, 9.17) is 51.7 Å². The highest BCUT2D eigenvalue weighted by atomic mass is 32.3. The number of rotatable bonds is 27. The van der Waals surface area contributed by atoms with E-state index in [2.05, 4.69) is 16.7 Å². The maximum atomic E-state index is 12.8. The van der Waals surface area contributed by atoms with Crippen molar-refractivity contribution in [2.24, 2.45) is 0 Å². The number of aliphatic carboxylic acids is 2. The van der Waals surface area contributed by atoms with E-state index in [1.165, 1.54) is 9.44 Å². The summed E-state index contributed by atoms with van der Waals surface area (Å²) in [5.41, 5.74) is 0. The number of hydrogen-bond acceptors (Lipinski definition) is 37. The molecule has 1 unspecified atom stereocenters. The molecule has 5 fully saturated rings. The molecule has 0 aromatic carbocycles. The van der Waals surface area contributed by atoms with Crippen molar-refractivity contribution in [2.45, 2.75) is 153 Å². The molecule has 20 N–H and O–H groups in total. The normalized spacial score (nSPS) is 40.0. The Labute approximate surface area is 480 Å². The van der Waals surface area contributed by atoms with Gasteiger partial charge in [0.15, 0.2) is 43.7 Å². The first-order valence-electron chi connectivity index (χ1n) is 22.5. The van der Waals surface area contributed by atoms with Crippen molar-refractivity contribution < 1.29 is 211 Å². The van der Waals surface area contributed by atoms with E-state index >= 15 is 0 Å². The fourth-order valence-corrected chi connectivity index (χ4v) is 11.8. The molecular weight excluding hydrogens is 1360 g/mol. The number of aliphatic hydroxyl groups is 8. The van der Waals surface area contributed by atoms with Crippen molar-refractivity contribution in [2.75, 3.05) is 19.8 Å². The standard InChI is InChI=1S/C30H51N3O46S7/c34-10-4(1-67-83(55,56)57)71-27(8(11(10)35)32-81(49,50)51)75-20-14(38)16(40)30(78-22(20)24(41)42)74-18-6(3-69-85(61,62)63)72-28(9(33-82(52,53)54)19(18)79-86(64,65)66)76-21-13(37)15(39)29(77-23(21)25(43)44)73-17-5(2-68-84(58,59)60)70-26(45)7(12(17)36)31-80(46,47)48/h4-23,26-40,45H,1-3H2,(H,41,42)(H,43,44)(H,46,47,48)(H,49,50,51)(H,52,53,54)(H,55,56,57)(H,58,59,60)(H,61,62,63)(H,64,65,66)/t4-,5-,6-,7-,8-,9-,10-,11-,12-,13-,14-,15-,16-,17-,18-,19-,20+,21+,22+,23-,26?,27-,28-,29-,30-/m1/s1. The van der Waals surface area contributed by atoms with Gasteiger partial charge in [0.25, 0.3) is 0 Å². The Morgan fingerprint density at radius 1 is 0.349 bits per heavy atom. The molecule has 0 aromatic rings. The van der Waals surface area contributed by atoms with Gasteiger partial charge in [-0.25, -0.2) is 26.3 Å². The second kappa shape index (κ2) is 28.1. The number of carboxylic acid groups (broad SMARTS) is 2. The minimum absolute atomic E-state index is 1.16. The van der Waals surface area contributed by atoms with Crippen molar-refractivity contribution in [3.8, 4) is 0 Å². The lowest BCUT2D eigenvalue weighted by Gasteiger charge is -2.50. The smallest absolute Gasteiger partial charge is 0.397 e. The van der Waals surface area contributed by atoms with Crippen LogP contribution in [0.25, 0.3) is 0 Å². The van der Waals surface area contributed by atoms with Crippen LogP contribution >= 0.6 is 0 Å². The molecule has 5 aliphatic heterocycles. The molecule has 0 spiro atoms. The van der Waals surface area contributed by atoms with Crippen molar-refractivity contribution >= 4 is 84.4 Å². The van der Waals surface area contributed by atoms with Crippen molar-refractivity contribution in [3.63, 3.8) is 0 Å². The fraction of sp³-hybridized carbons (Fsp3) is 0.933. The van der Waals surface area contributed by atoms with Crippen LogP contribution in [0.3, 0.4) is 0 Å². The second-order valence-electron chi connectivity index (χ2n) is 18.0. The SMILES string of the molecule is O=C(O)[C@H]1O[C@@H](O[C@H]2[C@H](OS(=O)(=O)O)[C@@H](NS(=O)(=O)O)[C@@H](O[C@H]3[C@H](O)[C@@H](O)[C@H](O[C@H]4[C@H](O)[C@@H](NS(=O)(=O)O)C(O)O[C@@H]4COS(=O)(=O)O)O[C@H]3C(=O)O)O[C@@H]2COS(=O)(=O)O)[C@H](O)[C@@H](O)[C@@H]1O[C@H]1O[C@H](COS(=O)(=O)O)[C@@H](O)[C@H](O)[C@H]1NS(=O)(=O)O. The summed E-state index contributed by atoms with van der Waals surface area (Å²) in [5.74, 6) is -4.75. The third-order valence-corrected chi connectivity index (χ3v) is 15.5. The molecular formula is C30H51N3O46S7. The van der Waals surface area contributed by atoms with Gasteiger partial charge in [0.05, 0.1) is 19.8 Å². The zero-order chi connectivity index (χ0) is 65.5. The average molecular weight is 1410 g/mol. The molecule has 0 saturated carbocycles. The number of nitrogens with one attached hydrogen (secondary N) is 3. The molecule has 504 valence electrons. The molecule has 0 bridgehead atoms. The Hall–Kier alpha value is -2.65. The molecule has 5 heterocycles. The highest BCUT2D eigenvalue weighted by Crippen LogP contribution is 2.38. The lowest BCUT2D eigenvalue weighted by atomic mass is 9.94. The fourth-order valence-electron chi connectivity index (χ4n) is 8.57. The Morgan fingerprint density at radius 3 is 1.09 bits per heavy atom. The first kappa shape index (κ1) is 74.1. The zero-order valence-electron chi connectivity index (χ0n) is 41.4. The van der Waals surface area contributed by atoms with Crippen LogP contribution in [0.2, 0.25) is 0 Å². The minimum atomic E-state index is -6.27. The van der Waals surface area contributed by atoms with Gasteiger partial charge in [-0.05, 0) is 0 Å². The second-order valence-corrected chi connectivity index (χ2v) is 25.9. The number of hydrogen-bond donors (Lipinski definition) is 20. The highest BCUT2D eigenvalue weighted by Gasteiger charge is 2.60. The van der Waals surface area contributed by atoms with Gasteiger partial charge in [-0.2, -0.15) is 73.1 Å². The number of aliphatic hydroxyl groups excluding tert-OH is 8. The molecule has 86 heavy (non-hydrogen) atoms. The molecule has 49 nitrogen and oxygen atoms in total. The Balaban J connectivity index is 1.53. The van der Waals surface area contributed by atoms with Crippen LogP contribution in [0.1, 0.15) is 0 Å². The Morgan fingerprint density at radius 2 is 0.698 bits per heavy atom. The van der Waals surface area contributed by atoms with Crippen molar-refractivity contribution in [1.82, 2.24) is 14.2 Å². The highest BCUT2D eigenvalue weighted by molar-refractivity contribution is 7.84. The van der Waals surface area contributed by atoms with Gasteiger partial charge in [-0.15, -0.1) is 0 Å². The molecule has 5 rings (SSSR count). The van der Waals surface area contributed by atoms with E-state index in [0.717, 1.165) is 4.72 Å². The Bertz CT molecular complexity index is 3190. The van der Waals surface area contributed by atoms with Gasteiger partial charge in [-0.3, -0.25) is 31.9 Å². The van der Waals surface area contributed by atoms with Crippen LogP contribution in [0.5, 0.6) is 0 Å². The molecule has 0 aliphatic carbocycles. The summed E-state index contributed by atoms with van der Waals surface area (Å²) in [7, 11) is -40.0. The van der Waals surface area contributed by atoms with Crippen molar-refractivity contribution in [1.29, 1.82) is 0 Å². The number of carbonyl (C=O) groups is 2. The molecule has 0 radical (unpaired) electrons. The summed E-state index contributed by atoms with van der Waals surface area (Å²) in [6, 6.07) is -8.11. The van der Waals surface area contributed by atoms with Gasteiger partial charge in [0.1, 0.15) is 110 Å². The lowest BCUT2D eigenvalue weighted by Crippen LogP contribution is -2.71. The molecule has 5 aliphatic rings. The van der Waals surface area contributed by atoms with E-state index < -0.39 is 258 Å². The van der Waals surface area contributed by atoms with Crippen molar-refractivity contribution in [3.05, 3.63) is 0 Å². The maximum absolute atomic E-state index is 12.8. The van der Waals surface area contributed by atoms with E-state index in [9.17, 15) is 142 Å². The van der Waals surface area contributed by atoms with Gasteiger partial charge in [-0.1, -0.05) is 0 Å². The summed E-state index contributed by atoms with van der Waals surface area (Å²) >= 11 is 0. The first-order valence-corrected chi connectivity index (χ1v) is 32.3. The maximum Gasteiger partial charge on any atom is 0.397 e. The van der Waals surface area contributed by atoms with Crippen LogP contribution in [0.4, 0.5) is 0 Å². The van der Waals surface area contributed by atoms with Crippen LogP contribution in [-0.4, -0.2) is 327 Å². The molecule has 25 atom stereocenters. The summed E-state index contributed by atoms with van der Waals surface area (Å²) in [6.07, 6.45) is -61.6. The first-order chi connectivity index (χ1) is 38.9. The van der Waals surface area contributed by atoms with Gasteiger partial charge in [0.2, 0.25) is 0 Å². The molecule has 0 amide bonds. The molecule has 5 saturated heterocycles. The Kier molecular flexibility index (Phi) is 24.2. The van der Waals surface area contributed by atoms with Crippen LogP contribution < -0.4 is 14.2 Å². The predicted octanol–water partition coefficient (Wildman–Crippen LogP) is -14.2. The summed E-state index contributed by atoms with van der Waals surface area (Å²) in [5, 5.41) is 108. The van der Waals surface area contributed by atoms with E-state index in [1.807, 2.05) is 0 Å². The monoisotopic (exact) mass is 1410 g/mol. The van der Waals surface area contributed by atoms with Gasteiger partial charge < -0.3 is 93.7 Å². The van der Waals surface area contributed by atoms with E-state index in [1.54, 1.807) is 0 Å². The predicted molar refractivity (Wildman–Crippen MR) is 247 cm³/mol. The number of carboxylic acids is 2. The van der Waals surface area contributed by atoms with Gasteiger partial charge >= 0.3 is 84.4 Å². The third-order valence-electron chi connectivity index (χ3n) is 12.0.